The van der Waals surface area contributed by atoms with E-state index in [0.29, 0.717) is 0 Å². The highest BCUT2D eigenvalue weighted by atomic mass is 32.2. The van der Waals surface area contributed by atoms with Crippen LogP contribution in [0.15, 0.2) is 83.8 Å². The zero-order valence-corrected chi connectivity index (χ0v) is 21.5. The fraction of sp³-hybridized carbons (Fsp3) is 0.231. The molecule has 0 saturated heterocycles. The van der Waals surface area contributed by atoms with Gasteiger partial charge in [-0.2, -0.15) is 0 Å². The predicted octanol–water partition coefficient (Wildman–Crippen LogP) is 3.26. The summed E-state index contributed by atoms with van der Waals surface area (Å²) in [6.45, 7) is 2.92. The number of amides is 2. The van der Waals surface area contributed by atoms with E-state index in [1.54, 1.807) is 25.1 Å². The lowest BCUT2D eigenvalue weighted by Gasteiger charge is -2.31. The molecule has 0 radical (unpaired) electrons. The van der Waals surface area contributed by atoms with Crippen molar-refractivity contribution in [2.75, 3.05) is 17.9 Å². The van der Waals surface area contributed by atoms with E-state index in [9.17, 15) is 28.1 Å². The smallest absolute Gasteiger partial charge is 0.269 e. The van der Waals surface area contributed by atoms with Crippen molar-refractivity contribution < 1.29 is 22.9 Å². The van der Waals surface area contributed by atoms with Crippen LogP contribution in [0, 0.1) is 17.0 Å². The molecule has 11 heteroatoms. The maximum Gasteiger partial charge on any atom is 0.269 e. The fourth-order valence-corrected chi connectivity index (χ4v) is 5.22. The molecule has 3 rings (SSSR count). The van der Waals surface area contributed by atoms with Crippen molar-refractivity contribution >= 4 is 33.2 Å². The van der Waals surface area contributed by atoms with Crippen molar-refractivity contribution in [3.05, 3.63) is 100 Å². The molecule has 0 heterocycles. The lowest BCUT2D eigenvalue weighted by Crippen LogP contribution is -2.50. The molecule has 0 saturated carbocycles. The second-order valence-corrected chi connectivity index (χ2v) is 10.3. The first-order valence-corrected chi connectivity index (χ1v) is 12.9. The number of hydrogen-bond donors (Lipinski definition) is 1. The maximum atomic E-state index is 13.7. The third-order valence-corrected chi connectivity index (χ3v) is 7.60. The zero-order chi connectivity index (χ0) is 27.2. The average molecular weight is 525 g/mol. The number of likely N-dealkylation sites (N-methyl/N-ethyl adjacent to an activating group) is 1. The molecule has 2 amide bonds. The van der Waals surface area contributed by atoms with Crippen LogP contribution in [0.25, 0.3) is 0 Å². The Kier molecular flexibility index (Phi) is 8.61. The van der Waals surface area contributed by atoms with E-state index >= 15 is 0 Å². The summed E-state index contributed by atoms with van der Waals surface area (Å²) < 4.78 is 28.1. The van der Waals surface area contributed by atoms with E-state index in [1.165, 1.54) is 48.3 Å². The van der Waals surface area contributed by atoms with Crippen LogP contribution in [0.2, 0.25) is 0 Å². The van der Waals surface area contributed by atoms with Gasteiger partial charge >= 0.3 is 0 Å². The molecule has 3 aromatic rings. The van der Waals surface area contributed by atoms with Crippen LogP contribution >= 0.6 is 0 Å². The molecule has 0 bridgehead atoms. The van der Waals surface area contributed by atoms with E-state index < -0.39 is 39.3 Å². The molecular formula is C26H28N4O6S. The number of nitrogens with one attached hydrogen (secondary N) is 1. The Bertz CT molecular complexity index is 1380. The summed E-state index contributed by atoms with van der Waals surface area (Å²) in [4.78, 5) is 37.9. The van der Waals surface area contributed by atoms with Crippen LogP contribution in [-0.4, -0.2) is 49.7 Å². The van der Waals surface area contributed by atoms with E-state index in [2.05, 4.69) is 5.32 Å². The molecule has 0 aromatic heterocycles. The van der Waals surface area contributed by atoms with Crippen LogP contribution in [0.3, 0.4) is 0 Å². The number of carbonyl (C=O) groups excluding carboxylic acids is 2. The van der Waals surface area contributed by atoms with Gasteiger partial charge in [-0.3, -0.25) is 24.0 Å². The van der Waals surface area contributed by atoms with Gasteiger partial charge in [-0.15, -0.1) is 0 Å². The van der Waals surface area contributed by atoms with Crippen LogP contribution in [0.5, 0.6) is 0 Å². The molecule has 1 atom stereocenters. The van der Waals surface area contributed by atoms with Crippen LogP contribution in [-0.2, 0) is 26.2 Å². The Balaban J connectivity index is 2.04. The number of carbonyl (C=O) groups is 2. The van der Waals surface area contributed by atoms with Gasteiger partial charge in [-0.25, -0.2) is 8.42 Å². The first kappa shape index (κ1) is 27.3. The maximum absolute atomic E-state index is 13.7. The third-order valence-electron chi connectivity index (χ3n) is 5.81. The molecule has 37 heavy (non-hydrogen) atoms. The van der Waals surface area contributed by atoms with E-state index in [0.717, 1.165) is 15.4 Å². The van der Waals surface area contributed by atoms with Crippen molar-refractivity contribution in [2.45, 2.75) is 31.3 Å². The number of sulfonamides is 1. The number of benzene rings is 3. The topological polar surface area (TPSA) is 130 Å². The Labute approximate surface area is 215 Å². The van der Waals surface area contributed by atoms with Gasteiger partial charge in [0.25, 0.3) is 15.7 Å². The number of nitro groups is 1. The fourth-order valence-electron chi connectivity index (χ4n) is 3.79. The van der Waals surface area contributed by atoms with Crippen LogP contribution in [0.4, 0.5) is 11.4 Å². The summed E-state index contributed by atoms with van der Waals surface area (Å²) in [5, 5.41) is 13.6. The lowest BCUT2D eigenvalue weighted by atomic mass is 10.1. The van der Waals surface area contributed by atoms with Gasteiger partial charge in [0.1, 0.15) is 12.6 Å². The highest BCUT2D eigenvalue weighted by molar-refractivity contribution is 7.92. The Morgan fingerprint density at radius 3 is 2.22 bits per heavy atom. The lowest BCUT2D eigenvalue weighted by molar-refractivity contribution is -0.384. The Morgan fingerprint density at radius 1 is 1.00 bits per heavy atom. The summed E-state index contributed by atoms with van der Waals surface area (Å²) in [7, 11) is -2.78. The van der Waals surface area contributed by atoms with E-state index in [4.69, 9.17) is 0 Å². The summed E-state index contributed by atoms with van der Waals surface area (Å²) in [6, 6.07) is 19.0. The summed E-state index contributed by atoms with van der Waals surface area (Å²) >= 11 is 0. The van der Waals surface area contributed by atoms with Crippen LogP contribution in [0.1, 0.15) is 18.1 Å². The number of nitrogens with zero attached hydrogens (tertiary/aromatic N) is 3. The van der Waals surface area contributed by atoms with E-state index in [1.807, 2.05) is 31.2 Å². The predicted molar refractivity (Wildman–Crippen MR) is 139 cm³/mol. The molecule has 10 nitrogen and oxygen atoms in total. The van der Waals surface area contributed by atoms with Crippen LogP contribution < -0.4 is 9.62 Å². The first-order chi connectivity index (χ1) is 17.5. The largest absolute Gasteiger partial charge is 0.357 e. The van der Waals surface area contributed by atoms with Gasteiger partial charge in [0.15, 0.2) is 0 Å². The van der Waals surface area contributed by atoms with Gasteiger partial charge < -0.3 is 10.2 Å². The molecule has 3 aromatic carbocycles. The minimum absolute atomic E-state index is 0.0502. The highest BCUT2D eigenvalue weighted by Gasteiger charge is 2.32. The second-order valence-electron chi connectivity index (χ2n) is 8.40. The zero-order valence-electron chi connectivity index (χ0n) is 20.7. The Hall–Kier alpha value is -4.25. The molecule has 194 valence electrons. The average Bonchev–Trinajstić information content (AvgIpc) is 2.89. The number of rotatable bonds is 10. The van der Waals surface area contributed by atoms with Gasteiger partial charge in [0.2, 0.25) is 11.8 Å². The van der Waals surface area contributed by atoms with Crippen molar-refractivity contribution in [1.29, 1.82) is 0 Å². The third kappa shape index (κ3) is 6.50. The van der Waals surface area contributed by atoms with Gasteiger partial charge in [0.05, 0.1) is 15.5 Å². The Morgan fingerprint density at radius 2 is 1.65 bits per heavy atom. The van der Waals surface area contributed by atoms with Crippen molar-refractivity contribution in [1.82, 2.24) is 10.2 Å². The monoisotopic (exact) mass is 524 g/mol. The minimum Gasteiger partial charge on any atom is -0.357 e. The summed E-state index contributed by atoms with van der Waals surface area (Å²) in [5.41, 5.74) is 1.60. The second kappa shape index (κ2) is 11.7. The van der Waals surface area contributed by atoms with Gasteiger partial charge in [-0.1, -0.05) is 48.0 Å². The molecule has 0 aliphatic rings. The number of anilines is 1. The molecule has 0 unspecified atom stereocenters. The SMILES string of the molecule is CNC(=O)[C@H](C)N(Cc1cccc(C)c1)C(=O)CN(c1ccc([N+](=O)[O-])cc1)S(=O)(=O)c1ccccc1. The molecule has 0 fully saturated rings. The number of non-ortho nitro benzene ring substituents is 1. The van der Waals surface area contributed by atoms with Gasteiger partial charge in [0, 0.05) is 25.7 Å². The molecule has 0 aliphatic heterocycles. The normalized spacial score (nSPS) is 11.9. The van der Waals surface area contributed by atoms with E-state index in [-0.39, 0.29) is 22.8 Å². The molecule has 0 aliphatic carbocycles. The summed E-state index contributed by atoms with van der Waals surface area (Å²) in [6.07, 6.45) is 0. The highest BCUT2D eigenvalue weighted by Crippen LogP contribution is 2.26. The molecule has 0 spiro atoms. The number of hydrogen-bond acceptors (Lipinski definition) is 6. The number of nitro benzene ring substituents is 1. The number of aryl methyl sites for hydroxylation is 1. The van der Waals surface area contributed by atoms with Crippen molar-refractivity contribution in [3.63, 3.8) is 0 Å². The van der Waals surface area contributed by atoms with Gasteiger partial charge in [-0.05, 0) is 43.7 Å². The molecular weight excluding hydrogens is 496 g/mol. The van der Waals surface area contributed by atoms with Crippen molar-refractivity contribution in [3.8, 4) is 0 Å². The molecule has 1 N–H and O–H groups in total. The summed E-state index contributed by atoms with van der Waals surface area (Å²) in [5.74, 6) is -1.02. The first-order valence-electron chi connectivity index (χ1n) is 11.4. The van der Waals surface area contributed by atoms with Crippen molar-refractivity contribution in [2.24, 2.45) is 0 Å². The standard InChI is InChI=1S/C26H28N4O6S/c1-19-8-7-9-21(16-19)17-28(20(2)26(32)27-3)25(31)18-29(22-12-14-23(15-13-22)30(33)34)37(35,36)24-10-5-4-6-11-24/h4-16,20H,17-18H2,1-3H3,(H,27,32)/t20-/m0/s1. The minimum atomic E-state index is -4.23. The quantitative estimate of drug-likeness (QED) is 0.320.